The standard InChI is InChI=1S/C41H49N2.BrH/c1-7-9-15-28-42-34-26-24-30-18-11-13-20-32(30)38(34)40(3,4)36(42)22-17-23-37-41(5,6)39-33-21-14-12-19-31(33)25-27-35(39)43(37)29-16-10-8-2;/h11-14,17-27H,7-10,15-16,28-29H2,1-6H3;1H/q+1;/p-1. The van der Waals surface area contributed by atoms with Gasteiger partial charge in [0.05, 0.1) is 5.41 Å². The summed E-state index contributed by atoms with van der Waals surface area (Å²) in [5.74, 6) is 0. The zero-order chi connectivity index (χ0) is 30.2. The highest BCUT2D eigenvalue weighted by Crippen LogP contribution is 2.51. The van der Waals surface area contributed by atoms with Crippen LogP contribution in [0, 0.1) is 0 Å². The van der Waals surface area contributed by atoms with Crippen LogP contribution >= 0.6 is 0 Å². The van der Waals surface area contributed by atoms with Crippen LogP contribution in [0.5, 0.6) is 0 Å². The van der Waals surface area contributed by atoms with Crippen molar-refractivity contribution in [3.8, 4) is 0 Å². The Morgan fingerprint density at radius 2 is 1.30 bits per heavy atom. The molecule has 44 heavy (non-hydrogen) atoms. The van der Waals surface area contributed by atoms with Crippen LogP contribution in [0.4, 0.5) is 11.4 Å². The molecule has 2 nitrogen and oxygen atoms in total. The Hall–Kier alpha value is -3.17. The molecule has 6 rings (SSSR count). The molecule has 0 unspecified atom stereocenters. The lowest BCUT2D eigenvalue weighted by Gasteiger charge is -2.27. The number of nitrogens with zero attached hydrogens (tertiary/aromatic N) is 2. The second kappa shape index (κ2) is 13.1. The van der Waals surface area contributed by atoms with Gasteiger partial charge < -0.3 is 21.9 Å². The smallest absolute Gasteiger partial charge is 0.210 e. The van der Waals surface area contributed by atoms with Crippen molar-refractivity contribution < 1.29 is 21.6 Å². The molecule has 3 heteroatoms. The molecule has 0 fully saturated rings. The first-order chi connectivity index (χ1) is 20.8. The van der Waals surface area contributed by atoms with E-state index in [0.29, 0.717) is 0 Å². The lowest BCUT2D eigenvalue weighted by Crippen LogP contribution is -3.00. The van der Waals surface area contributed by atoms with E-state index in [1.165, 1.54) is 94.0 Å². The van der Waals surface area contributed by atoms with Gasteiger partial charge in [-0.2, -0.15) is 4.58 Å². The zero-order valence-corrected chi connectivity index (χ0v) is 29.2. The Bertz CT molecular complexity index is 1750. The van der Waals surface area contributed by atoms with E-state index < -0.39 is 0 Å². The molecule has 230 valence electrons. The lowest BCUT2D eigenvalue weighted by molar-refractivity contribution is -0.438. The highest BCUT2D eigenvalue weighted by molar-refractivity contribution is 6.07. The van der Waals surface area contributed by atoms with Crippen molar-refractivity contribution in [2.45, 2.75) is 90.9 Å². The van der Waals surface area contributed by atoms with E-state index in [2.05, 4.69) is 142 Å². The zero-order valence-electron chi connectivity index (χ0n) is 27.6. The van der Waals surface area contributed by atoms with Crippen LogP contribution in [0.15, 0.2) is 96.7 Å². The van der Waals surface area contributed by atoms with Crippen molar-refractivity contribution in [3.05, 3.63) is 108 Å². The summed E-state index contributed by atoms with van der Waals surface area (Å²) >= 11 is 0. The Kier molecular flexibility index (Phi) is 9.56. The molecule has 2 heterocycles. The minimum Gasteiger partial charge on any atom is -1.00 e. The molecule has 0 amide bonds. The minimum atomic E-state index is -0.0808. The van der Waals surface area contributed by atoms with Crippen molar-refractivity contribution in [3.63, 3.8) is 0 Å². The van der Waals surface area contributed by atoms with Gasteiger partial charge in [0.1, 0.15) is 6.54 Å². The maximum absolute atomic E-state index is 2.62. The van der Waals surface area contributed by atoms with Crippen molar-refractivity contribution >= 4 is 38.6 Å². The van der Waals surface area contributed by atoms with Crippen molar-refractivity contribution in [2.75, 3.05) is 18.0 Å². The van der Waals surface area contributed by atoms with E-state index in [-0.39, 0.29) is 27.8 Å². The Labute approximate surface area is 276 Å². The summed E-state index contributed by atoms with van der Waals surface area (Å²) in [6, 6.07) is 27.2. The molecular formula is C41H49BrN2. The summed E-state index contributed by atoms with van der Waals surface area (Å²) < 4.78 is 2.62. The fourth-order valence-corrected chi connectivity index (χ4v) is 7.82. The summed E-state index contributed by atoms with van der Waals surface area (Å²) in [7, 11) is 0. The Morgan fingerprint density at radius 3 is 1.98 bits per heavy atom. The fourth-order valence-electron chi connectivity index (χ4n) is 7.82. The number of rotatable bonds is 10. The van der Waals surface area contributed by atoms with Crippen LogP contribution < -0.4 is 21.9 Å². The van der Waals surface area contributed by atoms with Crippen LogP contribution in [-0.2, 0) is 10.8 Å². The van der Waals surface area contributed by atoms with Gasteiger partial charge in [0.25, 0.3) is 0 Å². The molecule has 0 aliphatic carbocycles. The molecule has 0 aromatic heterocycles. The Balaban J connectivity index is 0.00000384. The first kappa shape index (κ1) is 32.2. The first-order valence-corrected chi connectivity index (χ1v) is 16.7. The molecule has 0 bridgehead atoms. The van der Waals surface area contributed by atoms with E-state index in [9.17, 15) is 0 Å². The van der Waals surface area contributed by atoms with Gasteiger partial charge in [-0.1, -0.05) is 108 Å². The summed E-state index contributed by atoms with van der Waals surface area (Å²) in [6.45, 7) is 16.4. The molecule has 4 aromatic carbocycles. The van der Waals surface area contributed by atoms with Crippen molar-refractivity contribution in [1.29, 1.82) is 0 Å². The summed E-state index contributed by atoms with van der Waals surface area (Å²) in [5.41, 5.74) is 8.35. The lowest BCUT2D eigenvalue weighted by atomic mass is 9.79. The summed E-state index contributed by atoms with van der Waals surface area (Å²) in [6.07, 6.45) is 14.6. The Morgan fingerprint density at radius 1 is 0.682 bits per heavy atom. The molecule has 0 spiro atoms. The van der Waals surface area contributed by atoms with Gasteiger partial charge in [0, 0.05) is 47.5 Å². The SMILES string of the molecule is CCCCCN1/C(=C\C=C\C2=[N+](CCCCC)c3ccc4ccccc4c3C2(C)C)C(C)(C)c2c1ccc1ccccc21.[Br-]. The molecule has 0 saturated carbocycles. The number of anilines is 1. The minimum absolute atomic E-state index is 0. The number of unbranched alkanes of at least 4 members (excludes halogenated alkanes) is 4. The van der Waals surface area contributed by atoms with E-state index >= 15 is 0 Å². The third-order valence-electron chi connectivity index (χ3n) is 9.99. The number of benzene rings is 4. The van der Waals surface area contributed by atoms with Gasteiger partial charge in [-0.05, 0) is 72.0 Å². The van der Waals surface area contributed by atoms with Crippen molar-refractivity contribution in [2.24, 2.45) is 0 Å². The molecule has 0 radical (unpaired) electrons. The molecule has 0 atom stereocenters. The number of fused-ring (bicyclic) bond motifs is 6. The van der Waals surface area contributed by atoms with Crippen LogP contribution in [0.2, 0.25) is 0 Å². The normalized spacial score (nSPS) is 17.6. The highest BCUT2D eigenvalue weighted by Gasteiger charge is 2.45. The van der Waals surface area contributed by atoms with E-state index in [4.69, 9.17) is 0 Å². The number of halogens is 1. The largest absolute Gasteiger partial charge is 1.00 e. The molecule has 2 aliphatic heterocycles. The maximum atomic E-state index is 2.62. The predicted molar refractivity (Wildman–Crippen MR) is 187 cm³/mol. The number of allylic oxidation sites excluding steroid dienone is 4. The van der Waals surface area contributed by atoms with Crippen molar-refractivity contribution in [1.82, 2.24) is 0 Å². The van der Waals surface area contributed by atoms with Crippen LogP contribution in [0.25, 0.3) is 21.5 Å². The maximum Gasteiger partial charge on any atom is 0.210 e. The number of hydrogen-bond acceptors (Lipinski definition) is 1. The fraction of sp³-hybridized carbons (Fsp3) is 0.390. The topological polar surface area (TPSA) is 6.25 Å². The van der Waals surface area contributed by atoms with Crippen LogP contribution in [-0.4, -0.2) is 23.4 Å². The number of hydrogen-bond donors (Lipinski definition) is 0. The second-order valence-corrected chi connectivity index (χ2v) is 13.6. The van der Waals surface area contributed by atoms with Gasteiger partial charge in [-0.3, -0.25) is 0 Å². The monoisotopic (exact) mass is 648 g/mol. The van der Waals surface area contributed by atoms with Gasteiger partial charge in [0.15, 0.2) is 5.71 Å². The third-order valence-corrected chi connectivity index (χ3v) is 9.99. The third kappa shape index (κ3) is 5.47. The van der Waals surface area contributed by atoms with Gasteiger partial charge in [-0.25, -0.2) is 0 Å². The summed E-state index contributed by atoms with van der Waals surface area (Å²) in [4.78, 5) is 2.62. The van der Waals surface area contributed by atoms with Gasteiger partial charge in [-0.15, -0.1) is 0 Å². The average molecular weight is 650 g/mol. The molecule has 2 aliphatic rings. The summed E-state index contributed by atoms with van der Waals surface area (Å²) in [5, 5.41) is 5.42. The van der Waals surface area contributed by atoms with Crippen LogP contribution in [0.3, 0.4) is 0 Å². The molecular weight excluding hydrogens is 600 g/mol. The second-order valence-electron chi connectivity index (χ2n) is 13.6. The average Bonchev–Trinajstić information content (AvgIpc) is 3.36. The van der Waals surface area contributed by atoms with E-state index in [1.807, 2.05) is 0 Å². The van der Waals surface area contributed by atoms with Gasteiger partial charge in [0.2, 0.25) is 5.69 Å². The van der Waals surface area contributed by atoms with Crippen LogP contribution in [0.1, 0.15) is 91.2 Å². The first-order valence-electron chi connectivity index (χ1n) is 16.7. The predicted octanol–water partition coefficient (Wildman–Crippen LogP) is 7.99. The van der Waals surface area contributed by atoms with E-state index in [0.717, 1.165) is 13.1 Å². The molecule has 0 saturated heterocycles. The molecule has 0 N–H and O–H groups in total. The van der Waals surface area contributed by atoms with Gasteiger partial charge >= 0.3 is 0 Å². The molecule has 4 aromatic rings. The van der Waals surface area contributed by atoms with E-state index in [1.54, 1.807) is 0 Å². The quantitative estimate of drug-likeness (QED) is 0.125. The highest BCUT2D eigenvalue weighted by atomic mass is 79.9.